The lowest BCUT2D eigenvalue weighted by molar-refractivity contribution is -0.159. The van der Waals surface area contributed by atoms with Gasteiger partial charge in [0.2, 0.25) is 0 Å². The summed E-state index contributed by atoms with van der Waals surface area (Å²) in [5.74, 6) is -10.1. The summed E-state index contributed by atoms with van der Waals surface area (Å²) >= 11 is 0. The van der Waals surface area contributed by atoms with E-state index < -0.39 is 35.8 Å². The number of carboxylic acid groups (broad SMARTS) is 6. The zero-order valence-corrected chi connectivity index (χ0v) is 32.5. The van der Waals surface area contributed by atoms with Gasteiger partial charge in [-0.05, 0) is 88.3 Å². The summed E-state index contributed by atoms with van der Waals surface area (Å²) in [6.07, 6.45) is 4.69. The van der Waals surface area contributed by atoms with Crippen LogP contribution < -0.4 is 31.6 Å². The number of anilines is 2. The number of benzene rings is 2. The number of amides is 2. The molecule has 0 radical (unpaired) electrons. The van der Waals surface area contributed by atoms with Gasteiger partial charge >= 0.3 is 35.8 Å². The summed E-state index contributed by atoms with van der Waals surface area (Å²) in [4.78, 5) is 83.9. The van der Waals surface area contributed by atoms with Gasteiger partial charge in [0.25, 0.3) is 11.8 Å². The topological polar surface area (TPSA) is 359 Å². The number of methoxy groups -OCH3 is 2. The largest absolute Gasteiger partial charge is 0.496 e. The molecule has 12 N–H and O–H groups in total. The molecule has 2 unspecified atom stereocenters. The number of ether oxygens (including phenoxy) is 2. The van der Waals surface area contributed by atoms with Crippen LogP contribution in [0.1, 0.15) is 60.2 Å². The highest BCUT2D eigenvalue weighted by molar-refractivity contribution is 6.28. The third kappa shape index (κ3) is 19.3. The van der Waals surface area contributed by atoms with E-state index in [2.05, 4.69) is 34.3 Å². The van der Waals surface area contributed by atoms with Gasteiger partial charge in [0.05, 0.1) is 25.3 Å². The van der Waals surface area contributed by atoms with Crippen molar-refractivity contribution in [1.82, 2.24) is 20.4 Å². The first-order chi connectivity index (χ1) is 27.2. The molecule has 0 bridgehead atoms. The molecule has 58 heavy (non-hydrogen) atoms. The number of nitrogens with one attached hydrogen (secondary N) is 2. The van der Waals surface area contributed by atoms with E-state index in [0.29, 0.717) is 59.2 Å². The fraction of sp³-hybridized carbons (Fsp3) is 0.444. The summed E-state index contributed by atoms with van der Waals surface area (Å²) in [5, 5.41) is 50.3. The van der Waals surface area contributed by atoms with Crippen LogP contribution in [-0.2, 0) is 28.8 Å². The molecule has 2 fully saturated rings. The SMILES string of the molecule is CCN1CCCC1CNC(=O)c1cc(N)ccc1OC.CCN1CCCC1CNC(=O)c1cc(N)ccc1OC.O=C(O)C(=O)O.O=C(O)C(=O)O.O=C(O)C(=O)O. The lowest BCUT2D eigenvalue weighted by Gasteiger charge is -2.23. The summed E-state index contributed by atoms with van der Waals surface area (Å²) < 4.78 is 10.4. The van der Waals surface area contributed by atoms with Crippen LogP contribution in [0.25, 0.3) is 0 Å². The monoisotopic (exact) mass is 824 g/mol. The second-order valence-corrected chi connectivity index (χ2v) is 12.0. The summed E-state index contributed by atoms with van der Waals surface area (Å²) in [7, 11) is 3.11. The second kappa shape index (κ2) is 27.0. The van der Waals surface area contributed by atoms with Crippen LogP contribution in [-0.4, -0.2) is 154 Å². The van der Waals surface area contributed by atoms with Crippen molar-refractivity contribution in [3.8, 4) is 11.5 Å². The average molecular weight is 825 g/mol. The van der Waals surface area contributed by atoms with E-state index in [4.69, 9.17) is 80.3 Å². The van der Waals surface area contributed by atoms with Crippen molar-refractivity contribution in [3.63, 3.8) is 0 Å². The maximum absolute atomic E-state index is 12.3. The minimum absolute atomic E-state index is 0.128. The molecule has 2 amide bonds. The standard InChI is InChI=1S/2C15H23N3O2.3C2H2O4/c2*1-3-18-8-4-5-12(18)10-17-15(19)13-9-11(16)6-7-14(13)20-2;3*3-1(4)2(5)6/h2*6-7,9,12H,3-5,8,10,16H2,1-2H3,(H,17,19);3*(H,3,4)(H,5,6). The third-order valence-electron chi connectivity index (χ3n) is 8.29. The first-order valence-electron chi connectivity index (χ1n) is 17.5. The molecule has 2 aliphatic heterocycles. The smallest absolute Gasteiger partial charge is 0.414 e. The number of likely N-dealkylation sites (tertiary alicyclic amines) is 2. The van der Waals surface area contributed by atoms with E-state index in [0.717, 1.165) is 39.0 Å². The van der Waals surface area contributed by atoms with Crippen molar-refractivity contribution < 1.29 is 78.5 Å². The normalized spacial score (nSPS) is 15.4. The number of hydrogen-bond acceptors (Lipinski definition) is 14. The quantitative estimate of drug-likeness (QED) is 0.115. The Balaban J connectivity index is 0.000000794. The van der Waals surface area contributed by atoms with Crippen molar-refractivity contribution in [3.05, 3.63) is 47.5 Å². The summed E-state index contributed by atoms with van der Waals surface area (Å²) in [6, 6.07) is 11.1. The van der Waals surface area contributed by atoms with Crippen LogP contribution in [0.4, 0.5) is 11.4 Å². The molecule has 0 aliphatic carbocycles. The first-order valence-corrected chi connectivity index (χ1v) is 17.5. The van der Waals surface area contributed by atoms with E-state index in [1.54, 1.807) is 50.6 Å². The van der Waals surface area contributed by atoms with Gasteiger partial charge in [-0.25, -0.2) is 28.8 Å². The molecule has 2 atom stereocenters. The molecule has 22 heteroatoms. The Bertz CT molecular complexity index is 1540. The number of nitrogen functional groups attached to an aromatic ring is 2. The van der Waals surface area contributed by atoms with E-state index in [9.17, 15) is 9.59 Å². The highest BCUT2D eigenvalue weighted by Gasteiger charge is 2.25. The van der Waals surface area contributed by atoms with Crippen molar-refractivity contribution in [2.45, 2.75) is 51.6 Å². The fourth-order valence-corrected chi connectivity index (χ4v) is 5.50. The molecule has 0 saturated carbocycles. The van der Waals surface area contributed by atoms with Gasteiger partial charge < -0.3 is 62.2 Å². The molecular formula is C36H52N6O16. The maximum atomic E-state index is 12.3. The number of hydrogen-bond donors (Lipinski definition) is 10. The second-order valence-electron chi connectivity index (χ2n) is 12.0. The Morgan fingerprint density at radius 3 is 1.12 bits per heavy atom. The molecule has 2 aliphatic rings. The molecule has 2 heterocycles. The van der Waals surface area contributed by atoms with E-state index in [1.165, 1.54) is 12.8 Å². The first kappa shape index (κ1) is 51.3. The van der Waals surface area contributed by atoms with Crippen LogP contribution in [0.15, 0.2) is 36.4 Å². The fourth-order valence-electron chi connectivity index (χ4n) is 5.50. The van der Waals surface area contributed by atoms with Crippen molar-refractivity contribution in [2.24, 2.45) is 0 Å². The van der Waals surface area contributed by atoms with Gasteiger partial charge in [-0.2, -0.15) is 0 Å². The van der Waals surface area contributed by atoms with Crippen molar-refractivity contribution in [1.29, 1.82) is 0 Å². The molecule has 0 spiro atoms. The molecule has 2 saturated heterocycles. The Morgan fingerprint density at radius 1 is 0.586 bits per heavy atom. The zero-order chi connectivity index (χ0) is 44.5. The highest BCUT2D eigenvalue weighted by Crippen LogP contribution is 2.23. The van der Waals surface area contributed by atoms with Gasteiger partial charge in [0.15, 0.2) is 0 Å². The van der Waals surface area contributed by atoms with Crippen LogP contribution >= 0.6 is 0 Å². The third-order valence-corrected chi connectivity index (χ3v) is 8.29. The number of likely N-dealkylation sites (N-methyl/N-ethyl adjacent to an activating group) is 2. The minimum Gasteiger partial charge on any atom is -0.496 e. The van der Waals surface area contributed by atoms with Gasteiger partial charge in [-0.15, -0.1) is 0 Å². The van der Waals surface area contributed by atoms with Gasteiger partial charge in [0, 0.05) is 36.5 Å². The predicted octanol–water partition coefficient (Wildman–Crippen LogP) is 0.450. The van der Waals surface area contributed by atoms with Crippen molar-refractivity contribution >= 4 is 59.0 Å². The Morgan fingerprint density at radius 2 is 0.879 bits per heavy atom. The number of nitrogens with zero attached hydrogens (tertiary/aromatic N) is 2. The zero-order valence-electron chi connectivity index (χ0n) is 32.5. The van der Waals surface area contributed by atoms with Gasteiger partial charge in [0.1, 0.15) is 11.5 Å². The molecule has 0 aromatic heterocycles. The maximum Gasteiger partial charge on any atom is 0.414 e. The molecule has 322 valence electrons. The number of rotatable bonds is 10. The van der Waals surface area contributed by atoms with Crippen LogP contribution in [0.3, 0.4) is 0 Å². The lowest BCUT2D eigenvalue weighted by Crippen LogP contribution is -2.40. The number of carboxylic acids is 6. The summed E-state index contributed by atoms with van der Waals surface area (Å²) in [5.41, 5.74) is 13.6. The molecule has 2 aromatic rings. The number of carbonyl (C=O) groups excluding carboxylic acids is 2. The van der Waals surface area contributed by atoms with Gasteiger partial charge in [-0.1, -0.05) is 13.8 Å². The molecule has 4 rings (SSSR count). The van der Waals surface area contributed by atoms with E-state index in [-0.39, 0.29) is 11.8 Å². The number of aliphatic carboxylic acids is 6. The van der Waals surface area contributed by atoms with Gasteiger partial charge in [-0.3, -0.25) is 19.4 Å². The number of carbonyl (C=O) groups is 8. The van der Waals surface area contributed by atoms with Crippen molar-refractivity contribution in [2.75, 3.05) is 65.0 Å². The molecule has 2 aromatic carbocycles. The van der Waals surface area contributed by atoms with E-state index in [1.807, 2.05) is 0 Å². The van der Waals surface area contributed by atoms with Crippen LogP contribution in [0.5, 0.6) is 11.5 Å². The van der Waals surface area contributed by atoms with Crippen LogP contribution in [0, 0.1) is 0 Å². The summed E-state index contributed by atoms with van der Waals surface area (Å²) in [6.45, 7) is 9.96. The van der Waals surface area contributed by atoms with Crippen LogP contribution in [0.2, 0.25) is 0 Å². The lowest BCUT2D eigenvalue weighted by atomic mass is 10.1. The average Bonchev–Trinajstić information content (AvgIpc) is 3.86. The Kier molecular flexibility index (Phi) is 23.9. The Hall–Kier alpha value is -6.68. The minimum atomic E-state index is -1.82. The van der Waals surface area contributed by atoms with E-state index >= 15 is 0 Å². The predicted molar refractivity (Wildman–Crippen MR) is 206 cm³/mol. The number of nitrogens with two attached hydrogens (primary N) is 2. The Labute approximate surface area is 333 Å². The molecule has 22 nitrogen and oxygen atoms in total. The highest BCUT2D eigenvalue weighted by atomic mass is 16.5. The molecular weight excluding hydrogens is 772 g/mol.